The van der Waals surface area contributed by atoms with Gasteiger partial charge in [0, 0.05) is 30.8 Å². The molecule has 4 aliphatic rings. The van der Waals surface area contributed by atoms with Crippen LogP contribution in [0.25, 0.3) is 0 Å². The maximum Gasteiger partial charge on any atom is 0.246 e. The van der Waals surface area contributed by atoms with Crippen molar-refractivity contribution in [3.05, 3.63) is 41.7 Å². The summed E-state index contributed by atoms with van der Waals surface area (Å²) < 4.78 is 1.67. The van der Waals surface area contributed by atoms with Gasteiger partial charge in [0.25, 0.3) is 0 Å². The normalized spacial score (nSPS) is 25.3. The molecule has 40 heavy (non-hydrogen) atoms. The van der Waals surface area contributed by atoms with Crippen molar-refractivity contribution in [3.63, 3.8) is 0 Å². The highest BCUT2D eigenvalue weighted by Gasteiger charge is 2.56. The molecule has 1 aromatic carbocycles. The molecule has 2 aliphatic carbocycles. The van der Waals surface area contributed by atoms with Gasteiger partial charge in [0.15, 0.2) is 0 Å². The van der Waals surface area contributed by atoms with Gasteiger partial charge in [0.05, 0.1) is 17.2 Å². The van der Waals surface area contributed by atoms with Crippen molar-refractivity contribution in [3.8, 4) is 6.07 Å². The topological polar surface area (TPSA) is 133 Å². The largest absolute Gasteiger partial charge is 0.342 e. The minimum atomic E-state index is -0.975. The van der Waals surface area contributed by atoms with Gasteiger partial charge in [0.2, 0.25) is 17.7 Å². The van der Waals surface area contributed by atoms with Crippen molar-refractivity contribution in [1.82, 2.24) is 25.2 Å². The van der Waals surface area contributed by atoms with E-state index in [1.54, 1.807) is 4.68 Å². The average Bonchev–Trinajstić information content (AvgIpc) is 3.83. The van der Waals surface area contributed by atoms with Crippen molar-refractivity contribution in [2.24, 2.45) is 11.3 Å². The van der Waals surface area contributed by atoms with Crippen molar-refractivity contribution >= 4 is 23.4 Å². The van der Waals surface area contributed by atoms with Gasteiger partial charge in [-0.2, -0.15) is 5.26 Å². The van der Waals surface area contributed by atoms with Crippen LogP contribution in [0.1, 0.15) is 88.9 Å². The van der Waals surface area contributed by atoms with Crippen LogP contribution in [0.5, 0.6) is 0 Å². The maximum atomic E-state index is 14.2. The van der Waals surface area contributed by atoms with Gasteiger partial charge in [-0.05, 0) is 48.6 Å². The van der Waals surface area contributed by atoms with Gasteiger partial charge in [-0.3, -0.25) is 14.4 Å². The molecule has 1 aromatic heterocycles. The van der Waals surface area contributed by atoms with Crippen LogP contribution in [0.15, 0.2) is 30.5 Å². The van der Waals surface area contributed by atoms with Crippen LogP contribution < -0.4 is 10.6 Å². The van der Waals surface area contributed by atoms with Crippen LogP contribution in [-0.2, 0) is 19.8 Å². The number of anilines is 1. The van der Waals surface area contributed by atoms with Gasteiger partial charge >= 0.3 is 0 Å². The molecule has 10 nitrogen and oxygen atoms in total. The number of fused-ring (bicyclic) bond motifs is 2. The first-order valence-corrected chi connectivity index (χ1v) is 14.4. The van der Waals surface area contributed by atoms with Crippen molar-refractivity contribution in [2.75, 3.05) is 11.9 Å². The average molecular weight is 544 g/mol. The molecule has 2 aromatic rings. The summed E-state index contributed by atoms with van der Waals surface area (Å²) in [6, 6.07) is 7.55. The smallest absolute Gasteiger partial charge is 0.246 e. The molecule has 6 rings (SSSR count). The lowest BCUT2D eigenvalue weighted by Crippen LogP contribution is -2.53. The molecule has 1 saturated heterocycles. The molecule has 2 aliphatic heterocycles. The molecule has 4 atom stereocenters. The zero-order valence-electron chi connectivity index (χ0n) is 23.4. The fourth-order valence-electron chi connectivity index (χ4n) is 6.28. The van der Waals surface area contributed by atoms with Gasteiger partial charge in [0.1, 0.15) is 18.1 Å². The summed E-state index contributed by atoms with van der Waals surface area (Å²) >= 11 is 0. The van der Waals surface area contributed by atoms with Crippen molar-refractivity contribution in [2.45, 2.75) is 95.2 Å². The summed E-state index contributed by atoms with van der Waals surface area (Å²) in [6.07, 6.45) is 7.52. The van der Waals surface area contributed by atoms with E-state index in [0.717, 1.165) is 42.6 Å². The van der Waals surface area contributed by atoms with E-state index < -0.39 is 23.5 Å². The molecule has 0 unspecified atom stereocenters. The van der Waals surface area contributed by atoms with E-state index in [1.807, 2.05) is 51.2 Å². The van der Waals surface area contributed by atoms with E-state index in [2.05, 4.69) is 27.0 Å². The Bertz CT molecular complexity index is 1380. The number of benzene rings is 1. The Morgan fingerprint density at radius 1 is 1.23 bits per heavy atom. The summed E-state index contributed by atoms with van der Waals surface area (Å²) in [6.45, 7) is 6.17. The molecule has 1 spiro atoms. The highest BCUT2D eigenvalue weighted by atomic mass is 16.2. The number of nitrogens with one attached hydrogen (secondary N) is 2. The number of nitrogens with zero attached hydrogens (tertiary/aromatic N) is 5. The second-order valence-electron chi connectivity index (χ2n) is 13.3. The highest BCUT2D eigenvalue weighted by Crippen LogP contribution is 2.46. The molecule has 3 fully saturated rings. The molecule has 0 bridgehead atoms. The summed E-state index contributed by atoms with van der Waals surface area (Å²) in [5, 5.41) is 24.7. The Morgan fingerprint density at radius 3 is 2.65 bits per heavy atom. The van der Waals surface area contributed by atoms with Gasteiger partial charge < -0.3 is 15.5 Å². The molecule has 2 saturated carbocycles. The van der Waals surface area contributed by atoms with E-state index in [4.69, 9.17) is 0 Å². The maximum absolute atomic E-state index is 14.2. The Kier molecular flexibility index (Phi) is 6.43. The van der Waals surface area contributed by atoms with Crippen LogP contribution >= 0.6 is 0 Å². The lowest BCUT2D eigenvalue weighted by Gasteiger charge is -2.32. The SMILES string of the molecule is CC(C)(C)C[C@H](NC(=O)[C@H](CC1CC1)n1cc(C2CC2)nn1)C(=O)N1C[C@]2(C[C@H]1C#N)C(=O)Nc1ccccc12. The third kappa shape index (κ3) is 4.98. The zero-order valence-corrected chi connectivity index (χ0v) is 23.4. The molecule has 3 amide bonds. The predicted octanol–water partition coefficient (Wildman–Crippen LogP) is 3.43. The third-order valence-electron chi connectivity index (χ3n) is 8.75. The molecule has 210 valence electrons. The number of nitriles is 1. The summed E-state index contributed by atoms with van der Waals surface area (Å²) in [4.78, 5) is 42.7. The van der Waals surface area contributed by atoms with Crippen LogP contribution in [-0.4, -0.2) is 56.2 Å². The summed E-state index contributed by atoms with van der Waals surface area (Å²) in [7, 11) is 0. The summed E-state index contributed by atoms with van der Waals surface area (Å²) in [5.41, 5.74) is 1.21. The van der Waals surface area contributed by atoms with Gasteiger partial charge in [-0.15, -0.1) is 5.10 Å². The fraction of sp³-hybridized carbons (Fsp3) is 0.600. The van der Waals surface area contributed by atoms with Gasteiger partial charge in [-0.1, -0.05) is 57.0 Å². The quantitative estimate of drug-likeness (QED) is 0.524. The molecule has 0 radical (unpaired) electrons. The lowest BCUT2D eigenvalue weighted by molar-refractivity contribution is -0.138. The van der Waals surface area contributed by atoms with E-state index in [-0.39, 0.29) is 36.1 Å². The van der Waals surface area contributed by atoms with Crippen LogP contribution in [0, 0.1) is 22.7 Å². The number of hydrogen-bond acceptors (Lipinski definition) is 6. The summed E-state index contributed by atoms with van der Waals surface area (Å²) in [5.74, 6) is 0.114. The minimum Gasteiger partial charge on any atom is -0.342 e. The number of para-hydroxylation sites is 1. The first-order valence-electron chi connectivity index (χ1n) is 14.4. The zero-order chi connectivity index (χ0) is 28.2. The fourth-order valence-corrected chi connectivity index (χ4v) is 6.28. The van der Waals surface area contributed by atoms with E-state index >= 15 is 0 Å². The number of carbonyl (C=O) groups is 3. The number of carbonyl (C=O) groups excluding carboxylic acids is 3. The van der Waals surface area contributed by atoms with Crippen molar-refractivity contribution in [1.29, 1.82) is 5.26 Å². The van der Waals surface area contributed by atoms with Crippen LogP contribution in [0.2, 0.25) is 0 Å². The van der Waals surface area contributed by atoms with Gasteiger partial charge in [-0.25, -0.2) is 4.68 Å². The molecule has 10 heteroatoms. The number of aromatic nitrogens is 3. The molecular weight excluding hydrogens is 506 g/mol. The monoisotopic (exact) mass is 543 g/mol. The second-order valence-corrected chi connectivity index (χ2v) is 13.3. The number of hydrogen-bond donors (Lipinski definition) is 2. The highest BCUT2D eigenvalue weighted by molar-refractivity contribution is 6.07. The minimum absolute atomic E-state index is 0.0999. The lowest BCUT2D eigenvalue weighted by atomic mass is 9.80. The standard InChI is InChI=1S/C30H37N7O3/c1-29(2,3)14-23(32-26(38)25(12-18-8-9-18)37-16-24(34-35-37)19-10-11-19)27(39)36-17-30(13-20(36)15-31)21-6-4-5-7-22(21)33-28(30)40/h4-7,16,18-20,23,25H,8-14,17H2,1-3H3,(H,32,38)(H,33,40)/t20-,23-,25-,30-/m0/s1. The van der Waals surface area contributed by atoms with E-state index in [9.17, 15) is 19.6 Å². The van der Waals surface area contributed by atoms with Crippen LogP contribution in [0.4, 0.5) is 5.69 Å². The van der Waals surface area contributed by atoms with Crippen LogP contribution in [0.3, 0.4) is 0 Å². The van der Waals surface area contributed by atoms with E-state index in [0.29, 0.717) is 24.7 Å². The number of amides is 3. The molecule has 2 N–H and O–H groups in total. The Balaban J connectivity index is 1.26. The third-order valence-corrected chi connectivity index (χ3v) is 8.75. The second kappa shape index (κ2) is 9.72. The van der Waals surface area contributed by atoms with E-state index in [1.165, 1.54) is 4.90 Å². The Hall–Kier alpha value is -3.74. The Labute approximate surface area is 234 Å². The Morgan fingerprint density at radius 2 is 1.98 bits per heavy atom. The molecule has 3 heterocycles. The first-order chi connectivity index (χ1) is 19.1. The number of rotatable bonds is 8. The predicted molar refractivity (Wildman–Crippen MR) is 147 cm³/mol. The van der Waals surface area contributed by atoms with Crippen molar-refractivity contribution < 1.29 is 14.4 Å². The first kappa shape index (κ1) is 26.5. The molecular formula is C30H37N7O3. The number of likely N-dealkylation sites (tertiary alicyclic amines) is 1.